The van der Waals surface area contributed by atoms with Crippen LogP contribution in [0.5, 0.6) is 0 Å². The van der Waals surface area contributed by atoms with Crippen LogP contribution in [-0.4, -0.2) is 30.2 Å². The molecule has 2 aromatic carbocycles. The van der Waals surface area contributed by atoms with Gasteiger partial charge in [-0.2, -0.15) is 35.4 Å². The molecule has 8 aliphatic rings. The number of aromatic nitrogens is 4. The van der Waals surface area contributed by atoms with Gasteiger partial charge >= 0.3 is 17.1 Å². The first-order valence-corrected chi connectivity index (χ1v) is 21.8. The first kappa shape index (κ1) is 36.2. The maximum Gasteiger partial charge on any atom is 2.00 e. The number of hydrogen-bond donors (Lipinski definition) is 0. The predicted molar refractivity (Wildman–Crippen MR) is 209 cm³/mol. The molecule has 0 amide bonds. The second-order valence-corrected chi connectivity index (χ2v) is 22.7. The molecule has 1 unspecified atom stereocenters. The zero-order valence-corrected chi connectivity index (χ0v) is 34.0. The van der Waals surface area contributed by atoms with E-state index in [4.69, 9.17) is 9.97 Å². The topological polar surface area (TPSA) is 51.6 Å². The number of hydrogen-bond acceptors (Lipinski definition) is 4. The van der Waals surface area contributed by atoms with Gasteiger partial charge < -0.3 is 0 Å². The molecule has 0 radical (unpaired) electrons. The zero-order chi connectivity index (χ0) is 34.1. The van der Waals surface area contributed by atoms with E-state index in [1.807, 2.05) is 55.1 Å². The molecule has 0 N–H and O–H groups in total. The standard InChI is InChI=1S/C39H51N4P2.C5H5.Fe/c1-36(2,3)32-14-31(33(15-32)39(44,34-22-40-4-6-42-34)35-23-41-5-7-43-35)24-45(37-16-25-8-26(17-37)10-27(9-25)18-37)38-19-28-11-29(20-38)13-30(12-28)21-38;1-2-4-5-3-1;/h4-7,14-15,22-23,25-30H,8-13,16-21,24,44H2,1-3H3;1-5H;/q2*-1;+2. The van der Waals surface area contributed by atoms with Crippen LogP contribution in [0.4, 0.5) is 0 Å². The Hall–Kier alpha value is -1.76. The third-order valence-electron chi connectivity index (χ3n) is 14.2. The second-order valence-electron chi connectivity index (χ2n) is 18.8. The van der Waals surface area contributed by atoms with Crippen molar-refractivity contribution in [1.29, 1.82) is 0 Å². The van der Waals surface area contributed by atoms with E-state index >= 15 is 0 Å². The minimum atomic E-state index is -0.592. The van der Waals surface area contributed by atoms with Crippen LogP contribution < -0.4 is 0 Å². The van der Waals surface area contributed by atoms with Crippen molar-refractivity contribution in [3.63, 3.8) is 0 Å². The smallest absolute Gasteiger partial charge is 0.261 e. The van der Waals surface area contributed by atoms with Crippen LogP contribution in [0, 0.1) is 35.5 Å². The molecule has 8 saturated carbocycles. The van der Waals surface area contributed by atoms with Crippen molar-refractivity contribution in [2.75, 3.05) is 0 Å². The monoisotopic (exact) mass is 758 g/mol. The Kier molecular flexibility index (Phi) is 9.82. The summed E-state index contributed by atoms with van der Waals surface area (Å²) in [7, 11) is 3.05. The van der Waals surface area contributed by atoms with Crippen LogP contribution in [0.3, 0.4) is 0 Å². The molecule has 1 atom stereocenters. The van der Waals surface area contributed by atoms with E-state index in [0.717, 1.165) is 46.9 Å². The average molecular weight is 759 g/mol. The average Bonchev–Trinajstić information content (AvgIpc) is 3.81. The van der Waals surface area contributed by atoms with Gasteiger partial charge in [0.2, 0.25) is 0 Å². The van der Waals surface area contributed by atoms with Crippen molar-refractivity contribution in [2.45, 2.75) is 125 Å². The van der Waals surface area contributed by atoms with Crippen LogP contribution >= 0.6 is 17.2 Å². The van der Waals surface area contributed by atoms with Crippen molar-refractivity contribution < 1.29 is 17.1 Å². The summed E-state index contributed by atoms with van der Waals surface area (Å²) in [6.07, 6.45) is 30.9. The molecule has 4 nitrogen and oxygen atoms in total. The zero-order valence-electron chi connectivity index (χ0n) is 30.8. The predicted octanol–water partition coefficient (Wildman–Crippen LogP) is 10.8. The Morgan fingerprint density at radius 3 is 1.47 bits per heavy atom. The molecule has 0 aliphatic heterocycles. The van der Waals surface area contributed by atoms with Crippen molar-refractivity contribution in [3.05, 3.63) is 108 Å². The SMILES string of the molecule is CC(C)(C)c1cc(CP(C23CC4CC(CC(C4)C2)C3)C23CC4CC(CC(C4)C2)C3)c(C(P)(c2cnccn2)c2cnccn2)[cH-]1.[Fe+2].c1cc[cH-]c1. The van der Waals surface area contributed by atoms with Gasteiger partial charge in [-0.15, -0.1) is 22.7 Å². The molecule has 2 heterocycles. The molecule has 0 saturated heterocycles. The third kappa shape index (κ3) is 6.58. The summed E-state index contributed by atoms with van der Waals surface area (Å²) in [5.74, 6) is 6.00. The fourth-order valence-corrected chi connectivity index (χ4v) is 18.7. The van der Waals surface area contributed by atoms with E-state index in [1.165, 1.54) is 94.3 Å². The fraction of sp³-hybridized carbons (Fsp3) is 0.591. The molecule has 0 spiro atoms. The van der Waals surface area contributed by atoms with Gasteiger partial charge in [0.15, 0.2) is 0 Å². The summed E-state index contributed by atoms with van der Waals surface area (Å²) in [6, 6.07) is 15.2. The van der Waals surface area contributed by atoms with Crippen LogP contribution in [0.25, 0.3) is 0 Å². The molecule has 4 aromatic rings. The molecular formula is C44H56FeN4P2. The van der Waals surface area contributed by atoms with E-state index in [1.54, 1.807) is 18.0 Å². The van der Waals surface area contributed by atoms with Crippen LogP contribution in [0.2, 0.25) is 0 Å². The molecule has 8 fully saturated rings. The summed E-state index contributed by atoms with van der Waals surface area (Å²) in [5.41, 5.74) is 6.34. The molecule has 8 bridgehead atoms. The van der Waals surface area contributed by atoms with Gasteiger partial charge in [-0.25, -0.2) is 18.2 Å². The molecule has 8 aliphatic carbocycles. The van der Waals surface area contributed by atoms with E-state index in [-0.39, 0.29) is 30.4 Å². The van der Waals surface area contributed by atoms with Crippen molar-refractivity contribution in [1.82, 2.24) is 19.9 Å². The minimum absolute atomic E-state index is 0. The van der Waals surface area contributed by atoms with Gasteiger partial charge in [0.05, 0.1) is 16.5 Å². The summed E-state index contributed by atoms with van der Waals surface area (Å²) in [5, 5.41) is 0.592. The third-order valence-corrected chi connectivity index (χ3v) is 19.2. The Labute approximate surface area is 320 Å². The molecule has 7 heteroatoms. The van der Waals surface area contributed by atoms with Gasteiger partial charge in [-0.3, -0.25) is 19.9 Å². The Morgan fingerprint density at radius 1 is 0.706 bits per heavy atom. The van der Waals surface area contributed by atoms with Crippen molar-refractivity contribution in [2.24, 2.45) is 35.5 Å². The van der Waals surface area contributed by atoms with Crippen LogP contribution in [0.15, 0.2) is 79.6 Å². The van der Waals surface area contributed by atoms with E-state index in [2.05, 4.69) is 52.1 Å². The minimum Gasteiger partial charge on any atom is -0.261 e. The van der Waals surface area contributed by atoms with E-state index < -0.39 is 5.16 Å². The maximum atomic E-state index is 4.96. The fourth-order valence-electron chi connectivity index (χ4n) is 13.0. The quantitative estimate of drug-likeness (QED) is 0.107. The Balaban J connectivity index is 0.000000576. The normalized spacial score (nSPS) is 33.7. The first-order valence-electron chi connectivity index (χ1n) is 19.7. The number of nitrogens with zero attached hydrogens (tertiary/aromatic N) is 4. The van der Waals surface area contributed by atoms with Gasteiger partial charge in [-0.1, -0.05) is 26.9 Å². The van der Waals surface area contributed by atoms with Crippen LogP contribution in [-0.2, 0) is 33.8 Å². The van der Waals surface area contributed by atoms with Crippen molar-refractivity contribution >= 4 is 17.2 Å². The van der Waals surface area contributed by atoms with Crippen molar-refractivity contribution in [3.8, 4) is 0 Å². The van der Waals surface area contributed by atoms with Gasteiger partial charge in [0.25, 0.3) is 0 Å². The first-order chi connectivity index (χ1) is 24.1. The molecule has 2 aromatic heterocycles. The summed E-state index contributed by atoms with van der Waals surface area (Å²) in [4.78, 5) is 19.1. The van der Waals surface area contributed by atoms with Gasteiger partial charge in [-0.05, 0) is 128 Å². The summed E-state index contributed by atoms with van der Waals surface area (Å²) >= 11 is 0. The van der Waals surface area contributed by atoms with Gasteiger partial charge in [0.1, 0.15) is 0 Å². The molecular weight excluding hydrogens is 702 g/mol. The Morgan fingerprint density at radius 2 is 1.14 bits per heavy atom. The van der Waals surface area contributed by atoms with Gasteiger partial charge in [0, 0.05) is 37.2 Å². The van der Waals surface area contributed by atoms with E-state index in [0.29, 0.717) is 10.3 Å². The summed E-state index contributed by atoms with van der Waals surface area (Å²) < 4.78 is 0. The van der Waals surface area contributed by atoms with Crippen LogP contribution in [0.1, 0.15) is 126 Å². The Bertz CT molecular complexity index is 1590. The molecule has 270 valence electrons. The molecule has 51 heavy (non-hydrogen) atoms. The molecule has 12 rings (SSSR count). The second kappa shape index (κ2) is 13.8. The number of rotatable bonds is 7. The summed E-state index contributed by atoms with van der Waals surface area (Å²) in [6.45, 7) is 7.14. The van der Waals surface area contributed by atoms with E-state index in [9.17, 15) is 0 Å². The maximum absolute atomic E-state index is 4.96. The largest absolute Gasteiger partial charge is 2.00 e.